The predicted molar refractivity (Wildman–Crippen MR) is 107 cm³/mol. The third-order valence-corrected chi connectivity index (χ3v) is 5.29. The number of nitrogens with zero attached hydrogens (tertiary/aromatic N) is 3. The number of para-hydroxylation sites is 2. The highest BCUT2D eigenvalue weighted by Crippen LogP contribution is 2.37. The summed E-state index contributed by atoms with van der Waals surface area (Å²) in [6, 6.07) is 11.5. The third kappa shape index (κ3) is 3.09. The minimum Gasteiger partial charge on any atom is -0.268 e. The highest BCUT2D eigenvalue weighted by molar-refractivity contribution is 8.27. The van der Waals surface area contributed by atoms with Crippen LogP contribution in [0.5, 0.6) is 0 Å². The average molecular weight is 402 g/mol. The maximum Gasteiger partial charge on any atom is 0.270 e. The van der Waals surface area contributed by atoms with E-state index >= 15 is 0 Å². The Labute approximate surface area is 162 Å². The van der Waals surface area contributed by atoms with Crippen molar-refractivity contribution in [2.75, 3.05) is 4.90 Å². The van der Waals surface area contributed by atoms with E-state index in [2.05, 4.69) is 9.97 Å². The molecule has 2 heterocycles. The van der Waals surface area contributed by atoms with Crippen molar-refractivity contribution in [2.45, 2.75) is 0 Å². The van der Waals surface area contributed by atoms with Gasteiger partial charge in [-0.05, 0) is 36.4 Å². The number of fused-ring (bicyclic) bond motifs is 1. The molecule has 8 heteroatoms. The lowest BCUT2D eigenvalue weighted by atomic mass is 10.2. The largest absolute Gasteiger partial charge is 0.270 e. The summed E-state index contributed by atoms with van der Waals surface area (Å²) in [6.45, 7) is 0. The Kier molecular flexibility index (Phi) is 4.44. The van der Waals surface area contributed by atoms with E-state index in [0.29, 0.717) is 20.6 Å². The number of benzene rings is 2. The maximum absolute atomic E-state index is 13.4. The van der Waals surface area contributed by atoms with Gasteiger partial charge in [-0.15, -0.1) is 0 Å². The lowest BCUT2D eigenvalue weighted by Gasteiger charge is -2.14. The van der Waals surface area contributed by atoms with Gasteiger partial charge in [0.25, 0.3) is 5.91 Å². The zero-order valence-electron chi connectivity index (χ0n) is 13.0. The van der Waals surface area contributed by atoms with E-state index in [9.17, 15) is 9.18 Å². The lowest BCUT2D eigenvalue weighted by Crippen LogP contribution is -2.27. The molecule has 0 bridgehead atoms. The fourth-order valence-electron chi connectivity index (χ4n) is 2.49. The van der Waals surface area contributed by atoms with Gasteiger partial charge < -0.3 is 0 Å². The Morgan fingerprint density at radius 2 is 1.96 bits per heavy atom. The van der Waals surface area contributed by atoms with Gasteiger partial charge in [-0.1, -0.05) is 47.7 Å². The van der Waals surface area contributed by atoms with Crippen LogP contribution in [0.15, 0.2) is 53.6 Å². The number of hydrogen-bond donors (Lipinski definition) is 0. The summed E-state index contributed by atoms with van der Waals surface area (Å²) in [7, 11) is 0. The number of thiocarbonyl (C=S) groups is 1. The second-order valence-corrected chi connectivity index (χ2v) is 7.48. The van der Waals surface area contributed by atoms with Crippen LogP contribution >= 0.6 is 35.6 Å². The van der Waals surface area contributed by atoms with Gasteiger partial charge >= 0.3 is 0 Å². The fourth-order valence-corrected chi connectivity index (χ4v) is 3.95. The highest BCUT2D eigenvalue weighted by atomic mass is 35.5. The number of amides is 1. The standard InChI is InChI=1S/C18H9ClFN3OS2/c19-12-8-11(5-6-13(12)20)23-17(24)16(26-18(23)25)7-10-9-21-14-3-1-2-4-15(14)22-10/h1-9H. The number of halogens is 2. The van der Waals surface area contributed by atoms with Gasteiger partial charge in [0, 0.05) is 0 Å². The van der Waals surface area contributed by atoms with Crippen molar-refractivity contribution < 1.29 is 9.18 Å². The number of hydrogen-bond acceptors (Lipinski definition) is 5. The second kappa shape index (κ2) is 6.75. The zero-order valence-corrected chi connectivity index (χ0v) is 15.4. The van der Waals surface area contributed by atoms with E-state index in [-0.39, 0.29) is 10.9 Å². The highest BCUT2D eigenvalue weighted by Gasteiger charge is 2.33. The molecule has 4 rings (SSSR count). The molecular weight excluding hydrogens is 393 g/mol. The zero-order chi connectivity index (χ0) is 18.3. The minimum absolute atomic E-state index is 0.0686. The molecule has 1 aromatic heterocycles. The van der Waals surface area contributed by atoms with Crippen LogP contribution in [0.2, 0.25) is 5.02 Å². The van der Waals surface area contributed by atoms with Gasteiger partial charge in [0.2, 0.25) is 0 Å². The lowest BCUT2D eigenvalue weighted by molar-refractivity contribution is -0.113. The number of thioether (sulfide) groups is 1. The maximum atomic E-state index is 13.4. The van der Waals surface area contributed by atoms with Crippen LogP contribution in [0.25, 0.3) is 17.1 Å². The summed E-state index contributed by atoms with van der Waals surface area (Å²) in [4.78, 5) is 23.3. The first-order valence-electron chi connectivity index (χ1n) is 7.48. The second-order valence-electron chi connectivity index (χ2n) is 5.40. The van der Waals surface area contributed by atoms with E-state index in [0.717, 1.165) is 22.8 Å². The molecule has 1 aliphatic rings. The predicted octanol–water partition coefficient (Wildman–Crippen LogP) is 4.83. The van der Waals surface area contributed by atoms with Crippen molar-refractivity contribution in [3.05, 3.63) is 70.1 Å². The topological polar surface area (TPSA) is 46.1 Å². The smallest absolute Gasteiger partial charge is 0.268 e. The summed E-state index contributed by atoms with van der Waals surface area (Å²) < 4.78 is 13.7. The molecule has 0 radical (unpaired) electrons. The number of carbonyl (C=O) groups is 1. The Morgan fingerprint density at radius 1 is 1.19 bits per heavy atom. The molecule has 1 amide bonds. The van der Waals surface area contributed by atoms with Crippen LogP contribution in [0.4, 0.5) is 10.1 Å². The van der Waals surface area contributed by atoms with E-state index in [1.165, 1.54) is 23.1 Å². The Hall–Kier alpha value is -2.35. The van der Waals surface area contributed by atoms with E-state index in [1.807, 2.05) is 24.3 Å². The summed E-state index contributed by atoms with van der Waals surface area (Å²) in [6.07, 6.45) is 3.24. The Morgan fingerprint density at radius 3 is 2.73 bits per heavy atom. The summed E-state index contributed by atoms with van der Waals surface area (Å²) in [5, 5.41) is -0.0686. The van der Waals surface area contributed by atoms with Crippen LogP contribution in [-0.4, -0.2) is 20.2 Å². The SMILES string of the molecule is O=C1C(=Cc2cnc3ccccc3n2)SC(=S)N1c1ccc(F)c(Cl)c1. The number of anilines is 1. The molecule has 2 aromatic carbocycles. The summed E-state index contributed by atoms with van der Waals surface area (Å²) in [5.74, 6) is -0.861. The Bertz CT molecular complexity index is 1100. The molecule has 0 unspecified atom stereocenters. The molecule has 1 aliphatic heterocycles. The number of aromatic nitrogens is 2. The van der Waals surface area contributed by atoms with Gasteiger partial charge in [-0.2, -0.15) is 0 Å². The van der Waals surface area contributed by atoms with Crippen molar-refractivity contribution in [1.29, 1.82) is 0 Å². The van der Waals surface area contributed by atoms with Gasteiger partial charge in [0.1, 0.15) is 5.82 Å². The first-order valence-corrected chi connectivity index (χ1v) is 9.08. The molecule has 0 saturated carbocycles. The number of carbonyl (C=O) groups excluding carboxylic acids is 1. The van der Waals surface area contributed by atoms with Crippen LogP contribution in [0.1, 0.15) is 5.69 Å². The van der Waals surface area contributed by atoms with Crippen LogP contribution in [-0.2, 0) is 4.79 Å². The minimum atomic E-state index is -0.553. The average Bonchev–Trinajstić information content (AvgIpc) is 2.91. The van der Waals surface area contributed by atoms with Crippen LogP contribution in [0, 0.1) is 5.82 Å². The quantitative estimate of drug-likeness (QED) is 0.454. The van der Waals surface area contributed by atoms with Crippen molar-refractivity contribution in [3.63, 3.8) is 0 Å². The fraction of sp³-hybridized carbons (Fsp3) is 0. The molecule has 3 aromatic rings. The van der Waals surface area contributed by atoms with Crippen molar-refractivity contribution in [3.8, 4) is 0 Å². The van der Waals surface area contributed by atoms with Gasteiger partial charge in [0.05, 0.1) is 38.5 Å². The molecule has 0 atom stereocenters. The molecular formula is C18H9ClFN3OS2. The van der Waals surface area contributed by atoms with Crippen LogP contribution < -0.4 is 4.90 Å². The first kappa shape index (κ1) is 17.1. The van der Waals surface area contributed by atoms with Gasteiger partial charge in [0.15, 0.2) is 4.32 Å². The molecule has 1 fully saturated rings. The van der Waals surface area contributed by atoms with Crippen molar-refractivity contribution >= 4 is 68.6 Å². The van der Waals surface area contributed by atoms with Crippen LogP contribution in [0.3, 0.4) is 0 Å². The van der Waals surface area contributed by atoms with Gasteiger partial charge in [-0.25, -0.2) is 9.37 Å². The third-order valence-electron chi connectivity index (χ3n) is 3.70. The Balaban J connectivity index is 1.69. The monoisotopic (exact) mass is 401 g/mol. The van der Waals surface area contributed by atoms with E-state index in [4.69, 9.17) is 23.8 Å². The molecule has 1 saturated heterocycles. The van der Waals surface area contributed by atoms with Gasteiger partial charge in [-0.3, -0.25) is 14.7 Å². The molecule has 128 valence electrons. The van der Waals surface area contributed by atoms with E-state index in [1.54, 1.807) is 12.3 Å². The first-order chi connectivity index (χ1) is 12.5. The normalized spacial score (nSPS) is 16.1. The van der Waals surface area contributed by atoms with Crippen molar-refractivity contribution in [2.24, 2.45) is 0 Å². The molecule has 0 aliphatic carbocycles. The molecule has 0 N–H and O–H groups in total. The summed E-state index contributed by atoms with van der Waals surface area (Å²) in [5.41, 5.74) is 2.49. The number of rotatable bonds is 2. The molecule has 4 nitrogen and oxygen atoms in total. The molecule has 26 heavy (non-hydrogen) atoms. The summed E-state index contributed by atoms with van der Waals surface area (Å²) >= 11 is 12.3. The molecule has 0 spiro atoms. The van der Waals surface area contributed by atoms with Crippen molar-refractivity contribution in [1.82, 2.24) is 9.97 Å². The van der Waals surface area contributed by atoms with E-state index < -0.39 is 5.82 Å².